The third-order valence-electron chi connectivity index (χ3n) is 5.68. The number of nitrogens with zero attached hydrogens (tertiary/aromatic N) is 1. The number of rotatable bonds is 19. The van der Waals surface area contributed by atoms with E-state index in [0.29, 0.717) is 37.9 Å². The number of unbranched alkanes of at least 4 members (excludes halogenated alkanes) is 12. The number of phenolic OH excluding ortho intramolecular Hbond substituents is 2. The van der Waals surface area contributed by atoms with Crippen molar-refractivity contribution in [1.82, 2.24) is 0 Å². The van der Waals surface area contributed by atoms with Crippen LogP contribution in [0.2, 0.25) is 0 Å². The number of benzene rings is 1. The number of aryl methyl sites for hydroxylation is 1. The minimum absolute atomic E-state index is 0.215. The van der Waals surface area contributed by atoms with Gasteiger partial charge in [0.1, 0.15) is 0 Å². The van der Waals surface area contributed by atoms with Crippen molar-refractivity contribution in [2.24, 2.45) is 0 Å². The zero-order chi connectivity index (χ0) is 23.6. The van der Waals surface area contributed by atoms with Gasteiger partial charge in [-0.15, -0.1) is 0 Å². The second-order valence-electron chi connectivity index (χ2n) is 8.56. The van der Waals surface area contributed by atoms with Gasteiger partial charge < -0.3 is 14.9 Å². The summed E-state index contributed by atoms with van der Waals surface area (Å²) in [4.78, 5) is 22.0. The van der Waals surface area contributed by atoms with Crippen LogP contribution in [0.5, 0.6) is 11.5 Å². The molecule has 7 nitrogen and oxygen atoms in total. The van der Waals surface area contributed by atoms with E-state index in [2.05, 4.69) is 6.92 Å². The van der Waals surface area contributed by atoms with Gasteiger partial charge in [0, 0.05) is 12.5 Å². The van der Waals surface area contributed by atoms with Crippen LogP contribution < -0.4 is 0 Å². The molecule has 32 heavy (non-hydrogen) atoms. The first-order valence-corrected chi connectivity index (χ1v) is 12.3. The Kier molecular flexibility index (Phi) is 15.0. The van der Waals surface area contributed by atoms with Gasteiger partial charge in [0.25, 0.3) is 0 Å². The molecule has 0 aliphatic rings. The maximum absolute atomic E-state index is 11.8. The first-order valence-electron chi connectivity index (χ1n) is 12.3. The summed E-state index contributed by atoms with van der Waals surface area (Å²) >= 11 is 0. The number of aromatic hydroxyl groups is 2. The van der Waals surface area contributed by atoms with E-state index in [-0.39, 0.29) is 5.97 Å². The van der Waals surface area contributed by atoms with Crippen LogP contribution in [0.1, 0.15) is 109 Å². The molecular weight excluding hydrogens is 410 g/mol. The molecule has 1 aromatic carbocycles. The number of carbonyl (C=O) groups excluding carboxylic acids is 1. The molecule has 0 fully saturated rings. The molecule has 0 radical (unpaired) electrons. The Bertz CT molecular complexity index is 677. The number of hydrogen-bond donors (Lipinski definition) is 2. The predicted octanol–water partition coefficient (Wildman–Crippen LogP) is 6.96. The quantitative estimate of drug-likeness (QED) is 0.0773. The van der Waals surface area contributed by atoms with Crippen molar-refractivity contribution in [3.8, 4) is 11.5 Å². The zero-order valence-corrected chi connectivity index (χ0v) is 19.7. The normalized spacial score (nSPS) is 10.9. The highest BCUT2D eigenvalue weighted by atomic mass is 16.6. The fraction of sp³-hybridized carbons (Fsp3) is 0.720. The van der Waals surface area contributed by atoms with Gasteiger partial charge in [0.2, 0.25) is 5.75 Å². The lowest BCUT2D eigenvalue weighted by Gasteiger charge is -2.06. The Balaban J connectivity index is 1.99. The molecule has 2 N–H and O–H groups in total. The zero-order valence-electron chi connectivity index (χ0n) is 19.7. The summed E-state index contributed by atoms with van der Waals surface area (Å²) in [6.45, 7) is 2.71. The molecule has 0 amide bonds. The Morgan fingerprint density at radius 3 is 2.00 bits per heavy atom. The molecular formula is C25H41NO6. The van der Waals surface area contributed by atoms with Gasteiger partial charge in [-0.25, -0.2) is 0 Å². The van der Waals surface area contributed by atoms with Gasteiger partial charge in [-0.1, -0.05) is 77.6 Å². The lowest BCUT2D eigenvalue weighted by molar-refractivity contribution is -0.386. The average molecular weight is 452 g/mol. The van der Waals surface area contributed by atoms with Gasteiger partial charge in [0.15, 0.2) is 5.75 Å². The molecule has 0 unspecified atom stereocenters. The van der Waals surface area contributed by atoms with Crippen LogP contribution >= 0.6 is 0 Å². The fourth-order valence-electron chi connectivity index (χ4n) is 3.74. The molecule has 0 bridgehead atoms. The number of hydrogen-bond acceptors (Lipinski definition) is 6. The fourth-order valence-corrected chi connectivity index (χ4v) is 3.74. The second-order valence-corrected chi connectivity index (χ2v) is 8.56. The van der Waals surface area contributed by atoms with Crippen LogP contribution in [-0.4, -0.2) is 27.7 Å². The number of esters is 1. The topological polar surface area (TPSA) is 110 Å². The lowest BCUT2D eigenvalue weighted by atomic mass is 10.1. The molecule has 0 aliphatic carbocycles. The van der Waals surface area contributed by atoms with Crippen molar-refractivity contribution in [1.29, 1.82) is 0 Å². The number of ether oxygens (including phenoxy) is 1. The maximum atomic E-state index is 11.8. The largest absolute Gasteiger partial charge is 0.504 e. The van der Waals surface area contributed by atoms with E-state index in [0.717, 1.165) is 12.8 Å². The summed E-state index contributed by atoms with van der Waals surface area (Å²) in [6.07, 6.45) is 17.2. The van der Waals surface area contributed by atoms with Crippen LogP contribution in [-0.2, 0) is 16.0 Å². The van der Waals surface area contributed by atoms with Crippen LogP contribution in [0.15, 0.2) is 12.1 Å². The van der Waals surface area contributed by atoms with E-state index in [1.54, 1.807) is 0 Å². The Labute approximate surface area is 192 Å². The molecule has 0 saturated heterocycles. The Morgan fingerprint density at radius 2 is 1.44 bits per heavy atom. The lowest BCUT2D eigenvalue weighted by Crippen LogP contribution is -2.05. The SMILES string of the molecule is CCCCCCCCCCCCCCOC(=O)CCCCc1cc(O)c(O)c([N+](=O)[O-])c1. The average Bonchev–Trinajstić information content (AvgIpc) is 2.76. The molecule has 1 aromatic rings. The van der Waals surface area contributed by atoms with Crippen LogP contribution in [0, 0.1) is 10.1 Å². The molecule has 0 heterocycles. The molecule has 0 saturated carbocycles. The summed E-state index contributed by atoms with van der Waals surface area (Å²) in [5.74, 6) is -1.44. The summed E-state index contributed by atoms with van der Waals surface area (Å²) in [6, 6.07) is 2.56. The Hall–Kier alpha value is -2.31. The number of carbonyl (C=O) groups is 1. The van der Waals surface area contributed by atoms with Gasteiger partial charge in [-0.3, -0.25) is 14.9 Å². The monoisotopic (exact) mass is 451 g/mol. The first-order chi connectivity index (χ1) is 15.5. The van der Waals surface area contributed by atoms with E-state index in [4.69, 9.17) is 4.74 Å². The molecule has 1 rings (SSSR count). The standard InChI is InChI=1S/C25H41NO6/c1-2-3-4-5-6-7-8-9-10-11-12-15-18-32-24(28)17-14-13-16-21-19-22(26(30)31)25(29)23(27)20-21/h19-20,27,29H,2-18H2,1H3. The van der Waals surface area contributed by atoms with Crippen molar-refractivity contribution >= 4 is 11.7 Å². The smallest absolute Gasteiger partial charge is 0.314 e. The second kappa shape index (κ2) is 17.3. The molecule has 0 aliphatic heterocycles. The van der Waals surface area contributed by atoms with E-state index >= 15 is 0 Å². The third-order valence-corrected chi connectivity index (χ3v) is 5.68. The van der Waals surface area contributed by atoms with Crippen LogP contribution in [0.4, 0.5) is 5.69 Å². The summed E-state index contributed by atoms with van der Waals surface area (Å²) in [7, 11) is 0. The van der Waals surface area contributed by atoms with E-state index in [9.17, 15) is 25.1 Å². The van der Waals surface area contributed by atoms with Crippen molar-refractivity contribution < 1.29 is 24.7 Å². The molecule has 7 heteroatoms. The predicted molar refractivity (Wildman–Crippen MR) is 126 cm³/mol. The van der Waals surface area contributed by atoms with Crippen LogP contribution in [0.3, 0.4) is 0 Å². The number of nitro benzene ring substituents is 1. The van der Waals surface area contributed by atoms with Crippen molar-refractivity contribution in [2.75, 3.05) is 6.61 Å². The summed E-state index contributed by atoms with van der Waals surface area (Å²) < 4.78 is 5.27. The van der Waals surface area contributed by atoms with Crippen molar-refractivity contribution in [3.05, 3.63) is 27.8 Å². The maximum Gasteiger partial charge on any atom is 0.314 e. The minimum Gasteiger partial charge on any atom is -0.504 e. The van der Waals surface area contributed by atoms with Gasteiger partial charge >= 0.3 is 11.7 Å². The van der Waals surface area contributed by atoms with E-state index in [1.807, 2.05) is 0 Å². The molecule has 0 atom stereocenters. The molecule has 182 valence electrons. The number of nitro groups is 1. The van der Waals surface area contributed by atoms with Gasteiger partial charge in [0.05, 0.1) is 11.5 Å². The van der Waals surface area contributed by atoms with Crippen LogP contribution in [0.25, 0.3) is 0 Å². The summed E-state index contributed by atoms with van der Waals surface area (Å²) in [5.41, 5.74) is 0.0404. The highest BCUT2D eigenvalue weighted by Gasteiger charge is 2.18. The Morgan fingerprint density at radius 1 is 0.875 bits per heavy atom. The van der Waals surface area contributed by atoms with Crippen molar-refractivity contribution in [3.63, 3.8) is 0 Å². The minimum atomic E-state index is -0.731. The molecule has 0 aromatic heterocycles. The number of phenols is 2. The summed E-state index contributed by atoms with van der Waals surface area (Å²) in [5, 5.41) is 30.0. The van der Waals surface area contributed by atoms with Crippen molar-refractivity contribution in [2.45, 2.75) is 110 Å². The highest BCUT2D eigenvalue weighted by Crippen LogP contribution is 2.36. The van der Waals surface area contributed by atoms with Gasteiger partial charge in [-0.05, 0) is 37.3 Å². The highest BCUT2D eigenvalue weighted by molar-refractivity contribution is 5.69. The van der Waals surface area contributed by atoms with E-state index < -0.39 is 22.1 Å². The third kappa shape index (κ3) is 12.5. The first kappa shape index (κ1) is 27.7. The molecule has 0 spiro atoms. The van der Waals surface area contributed by atoms with Gasteiger partial charge in [-0.2, -0.15) is 0 Å². The van der Waals surface area contributed by atoms with E-state index in [1.165, 1.54) is 76.3 Å².